The first-order valence-electron chi connectivity index (χ1n) is 4.69. The molecular formula is C10H12F2N2O3. The topological polar surface area (TPSA) is 74.4 Å². The monoisotopic (exact) mass is 246 g/mol. The molecule has 0 unspecified atom stereocenters. The van der Waals surface area contributed by atoms with E-state index < -0.39 is 18.0 Å². The number of rotatable bonds is 4. The molecule has 0 aromatic carbocycles. The van der Waals surface area contributed by atoms with Gasteiger partial charge >= 0.3 is 5.97 Å². The Morgan fingerprint density at radius 3 is 2.59 bits per heavy atom. The number of hydrogen-bond acceptors (Lipinski definition) is 5. The molecule has 2 N–H and O–H groups in total. The van der Waals surface area contributed by atoms with Crippen molar-refractivity contribution in [2.24, 2.45) is 5.73 Å². The second kappa shape index (κ2) is 5.53. The highest BCUT2D eigenvalue weighted by Crippen LogP contribution is 2.32. The molecule has 0 amide bonds. The third-order valence-corrected chi connectivity index (χ3v) is 2.08. The second-order valence-electron chi connectivity index (χ2n) is 3.08. The molecule has 1 rings (SSSR count). The number of ether oxygens (including phenoxy) is 2. The van der Waals surface area contributed by atoms with Crippen LogP contribution in [-0.4, -0.2) is 25.2 Å². The van der Waals surface area contributed by atoms with E-state index >= 15 is 0 Å². The minimum atomic E-state index is -2.79. The minimum Gasteiger partial charge on any atom is -0.494 e. The van der Waals surface area contributed by atoms with Crippen LogP contribution >= 0.6 is 0 Å². The number of pyridine rings is 1. The van der Waals surface area contributed by atoms with Crippen molar-refractivity contribution in [3.8, 4) is 5.75 Å². The van der Waals surface area contributed by atoms with Crippen LogP contribution in [0.2, 0.25) is 0 Å². The zero-order valence-corrected chi connectivity index (χ0v) is 9.37. The molecule has 0 fully saturated rings. The molecule has 0 radical (unpaired) electrons. The smallest absolute Gasteiger partial charge is 0.360 e. The van der Waals surface area contributed by atoms with Crippen LogP contribution in [0.25, 0.3) is 0 Å². The van der Waals surface area contributed by atoms with Crippen LogP contribution in [0.5, 0.6) is 5.75 Å². The van der Waals surface area contributed by atoms with Crippen LogP contribution in [0.3, 0.4) is 0 Å². The minimum absolute atomic E-state index is 0.0618. The molecule has 5 nitrogen and oxygen atoms in total. The highest BCUT2D eigenvalue weighted by molar-refractivity contribution is 5.90. The fourth-order valence-electron chi connectivity index (χ4n) is 1.32. The number of methoxy groups -OCH3 is 2. The molecular weight excluding hydrogens is 234 g/mol. The normalized spacial score (nSPS) is 10.5. The van der Waals surface area contributed by atoms with Crippen LogP contribution in [0.15, 0.2) is 6.07 Å². The van der Waals surface area contributed by atoms with Gasteiger partial charge in [-0.05, 0) is 6.07 Å². The van der Waals surface area contributed by atoms with Crippen molar-refractivity contribution >= 4 is 5.97 Å². The van der Waals surface area contributed by atoms with E-state index in [2.05, 4.69) is 9.72 Å². The summed E-state index contributed by atoms with van der Waals surface area (Å²) in [5.41, 5.74) is 4.76. The van der Waals surface area contributed by atoms with Gasteiger partial charge in [-0.25, -0.2) is 18.6 Å². The number of alkyl halides is 2. The average molecular weight is 246 g/mol. The van der Waals surface area contributed by atoms with E-state index in [9.17, 15) is 13.6 Å². The Morgan fingerprint density at radius 2 is 2.18 bits per heavy atom. The zero-order valence-electron chi connectivity index (χ0n) is 9.37. The first-order valence-corrected chi connectivity index (χ1v) is 4.69. The molecule has 17 heavy (non-hydrogen) atoms. The quantitative estimate of drug-likeness (QED) is 0.810. The summed E-state index contributed by atoms with van der Waals surface area (Å²) in [6.07, 6.45) is -2.79. The van der Waals surface area contributed by atoms with Crippen LogP contribution in [0.1, 0.15) is 28.2 Å². The van der Waals surface area contributed by atoms with Crippen LogP contribution < -0.4 is 10.5 Å². The van der Waals surface area contributed by atoms with Gasteiger partial charge in [0.05, 0.1) is 25.5 Å². The summed E-state index contributed by atoms with van der Waals surface area (Å²) in [6, 6.07) is 1.11. The summed E-state index contributed by atoms with van der Waals surface area (Å²) in [5.74, 6) is -1.14. The van der Waals surface area contributed by atoms with Gasteiger partial charge in [0, 0.05) is 6.54 Å². The maximum atomic E-state index is 12.8. The highest BCUT2D eigenvalue weighted by atomic mass is 19.3. The summed E-state index contributed by atoms with van der Waals surface area (Å²) in [5, 5.41) is 0. The van der Waals surface area contributed by atoms with Gasteiger partial charge in [0.1, 0.15) is 0 Å². The van der Waals surface area contributed by atoms with Crippen molar-refractivity contribution in [1.29, 1.82) is 0 Å². The number of aromatic nitrogens is 1. The molecule has 94 valence electrons. The van der Waals surface area contributed by atoms with Gasteiger partial charge in [-0.3, -0.25) is 0 Å². The Hall–Kier alpha value is -1.76. The van der Waals surface area contributed by atoms with Gasteiger partial charge in [-0.1, -0.05) is 0 Å². The van der Waals surface area contributed by atoms with Crippen molar-refractivity contribution in [1.82, 2.24) is 4.98 Å². The Balaban J connectivity index is 3.44. The van der Waals surface area contributed by atoms with Gasteiger partial charge in [0.15, 0.2) is 11.4 Å². The number of carbonyl (C=O) groups is 1. The first kappa shape index (κ1) is 13.3. The largest absolute Gasteiger partial charge is 0.494 e. The highest BCUT2D eigenvalue weighted by Gasteiger charge is 2.24. The fourth-order valence-corrected chi connectivity index (χ4v) is 1.32. The molecule has 0 aliphatic rings. The maximum absolute atomic E-state index is 12.8. The number of nitrogens with two attached hydrogens (primary N) is 1. The van der Waals surface area contributed by atoms with Gasteiger partial charge in [-0.15, -0.1) is 0 Å². The molecule has 0 aliphatic heterocycles. The molecule has 0 saturated carbocycles. The number of halogens is 2. The lowest BCUT2D eigenvalue weighted by molar-refractivity contribution is 0.0588. The summed E-state index contributed by atoms with van der Waals surface area (Å²) in [7, 11) is 2.30. The van der Waals surface area contributed by atoms with E-state index in [1.807, 2.05) is 0 Å². The average Bonchev–Trinajstić information content (AvgIpc) is 2.35. The van der Waals surface area contributed by atoms with E-state index in [0.29, 0.717) is 0 Å². The maximum Gasteiger partial charge on any atom is 0.360 e. The second-order valence-corrected chi connectivity index (χ2v) is 3.08. The lowest BCUT2D eigenvalue weighted by atomic mass is 10.1. The van der Waals surface area contributed by atoms with Crippen LogP contribution in [0, 0.1) is 0 Å². The van der Waals surface area contributed by atoms with Crippen LogP contribution in [-0.2, 0) is 11.3 Å². The molecule has 7 heteroatoms. The Kier molecular flexibility index (Phi) is 4.33. The number of carbonyl (C=O) groups excluding carboxylic acids is 1. The van der Waals surface area contributed by atoms with E-state index in [1.54, 1.807) is 0 Å². The Morgan fingerprint density at radius 1 is 1.53 bits per heavy atom. The number of esters is 1. The summed E-state index contributed by atoms with van der Waals surface area (Å²) >= 11 is 0. The SMILES string of the molecule is COC(=O)c1nc(CN)cc(C(F)F)c1OC. The van der Waals surface area contributed by atoms with Crippen molar-refractivity contribution in [2.45, 2.75) is 13.0 Å². The number of hydrogen-bond donors (Lipinski definition) is 1. The summed E-state index contributed by atoms with van der Waals surface area (Å²) in [4.78, 5) is 15.2. The van der Waals surface area contributed by atoms with Gasteiger partial charge in [-0.2, -0.15) is 0 Å². The predicted octanol–water partition coefficient (Wildman–Crippen LogP) is 1.27. The molecule has 1 aromatic heterocycles. The van der Waals surface area contributed by atoms with Gasteiger partial charge in [0.2, 0.25) is 0 Å². The van der Waals surface area contributed by atoms with Crippen molar-refractivity contribution in [2.75, 3.05) is 14.2 Å². The van der Waals surface area contributed by atoms with E-state index in [1.165, 1.54) is 7.11 Å². The summed E-state index contributed by atoms with van der Waals surface area (Å²) in [6.45, 7) is -0.0618. The molecule has 1 aromatic rings. The van der Waals surface area contributed by atoms with Crippen molar-refractivity contribution < 1.29 is 23.0 Å². The third-order valence-electron chi connectivity index (χ3n) is 2.08. The molecule has 0 aliphatic carbocycles. The molecule has 1 heterocycles. The molecule has 0 bridgehead atoms. The number of nitrogens with zero attached hydrogens (tertiary/aromatic N) is 1. The van der Waals surface area contributed by atoms with E-state index in [0.717, 1.165) is 13.2 Å². The van der Waals surface area contributed by atoms with Crippen molar-refractivity contribution in [3.63, 3.8) is 0 Å². The van der Waals surface area contributed by atoms with Gasteiger partial charge < -0.3 is 15.2 Å². The van der Waals surface area contributed by atoms with E-state index in [4.69, 9.17) is 10.5 Å². The van der Waals surface area contributed by atoms with Crippen molar-refractivity contribution in [3.05, 3.63) is 23.0 Å². The lowest BCUT2D eigenvalue weighted by Gasteiger charge is -2.12. The molecule has 0 atom stereocenters. The molecule has 0 saturated heterocycles. The Labute approximate surface area is 96.5 Å². The summed E-state index contributed by atoms with van der Waals surface area (Å²) < 4.78 is 34.8. The standard InChI is InChI=1S/C10H12F2N2O3/c1-16-8-6(9(11)12)3-5(4-13)14-7(8)10(15)17-2/h3,9H,4,13H2,1-2H3. The van der Waals surface area contributed by atoms with Gasteiger partial charge in [0.25, 0.3) is 6.43 Å². The van der Waals surface area contributed by atoms with E-state index in [-0.39, 0.29) is 23.7 Å². The Bertz CT molecular complexity index is 424. The lowest BCUT2D eigenvalue weighted by Crippen LogP contribution is -2.13. The zero-order chi connectivity index (χ0) is 13.0. The molecule has 0 spiro atoms. The predicted molar refractivity (Wildman–Crippen MR) is 55.0 cm³/mol. The first-order chi connectivity index (χ1) is 8.04. The van der Waals surface area contributed by atoms with Crippen LogP contribution in [0.4, 0.5) is 8.78 Å². The third kappa shape index (κ3) is 2.68. The fraction of sp³-hybridized carbons (Fsp3) is 0.400.